The number of nitrogens with zero attached hydrogens (tertiary/aromatic N) is 4. The van der Waals surface area contributed by atoms with Gasteiger partial charge in [0.15, 0.2) is 0 Å². The number of nitrogens with one attached hydrogen (secondary N) is 1. The van der Waals surface area contributed by atoms with Crippen LogP contribution >= 0.6 is 11.8 Å². The van der Waals surface area contributed by atoms with Crippen LogP contribution in [-0.2, 0) is 0 Å². The Morgan fingerprint density at radius 3 is 2.85 bits per heavy atom. The van der Waals surface area contributed by atoms with Crippen molar-refractivity contribution in [2.45, 2.75) is 41.5 Å². The van der Waals surface area contributed by atoms with E-state index in [9.17, 15) is 5.11 Å². The number of benzene rings is 1. The van der Waals surface area contributed by atoms with E-state index in [4.69, 9.17) is 0 Å². The molecule has 0 bridgehead atoms. The van der Waals surface area contributed by atoms with Crippen molar-refractivity contribution in [1.82, 2.24) is 24.8 Å². The lowest BCUT2D eigenvalue weighted by Gasteiger charge is -2.29. The summed E-state index contributed by atoms with van der Waals surface area (Å²) in [5, 5.41) is 15.6. The zero-order valence-corrected chi connectivity index (χ0v) is 15.7. The SMILES string of the molecule is Oc1cc(-n2ccnc2)ccc1-c1cnc(SC2CCNC3(CC3)C2)cn1. The van der Waals surface area contributed by atoms with Gasteiger partial charge in [0.05, 0.1) is 30.1 Å². The smallest absolute Gasteiger partial charge is 0.127 e. The van der Waals surface area contributed by atoms with Crippen LogP contribution in [0.2, 0.25) is 0 Å². The molecule has 3 aromatic rings. The van der Waals surface area contributed by atoms with Crippen LogP contribution in [0.15, 0.2) is 54.3 Å². The Hall–Kier alpha value is -2.38. The van der Waals surface area contributed by atoms with Gasteiger partial charge in [-0.25, -0.2) is 9.97 Å². The molecule has 1 unspecified atom stereocenters. The second-order valence-electron chi connectivity index (χ2n) is 7.35. The molecule has 2 fully saturated rings. The van der Waals surface area contributed by atoms with Gasteiger partial charge in [-0.05, 0) is 44.4 Å². The third kappa shape index (κ3) is 3.44. The highest BCUT2D eigenvalue weighted by Gasteiger charge is 2.45. The third-order valence-electron chi connectivity index (χ3n) is 5.41. The van der Waals surface area contributed by atoms with Crippen LogP contribution in [0.1, 0.15) is 25.7 Å². The Balaban J connectivity index is 1.31. The van der Waals surface area contributed by atoms with Crippen molar-refractivity contribution in [2.24, 2.45) is 0 Å². The van der Waals surface area contributed by atoms with Gasteiger partial charge in [-0.3, -0.25) is 4.98 Å². The predicted molar refractivity (Wildman–Crippen MR) is 105 cm³/mol. The molecule has 3 heterocycles. The normalized spacial score (nSPS) is 20.7. The van der Waals surface area contributed by atoms with Crippen LogP contribution in [0.25, 0.3) is 16.9 Å². The van der Waals surface area contributed by atoms with E-state index in [1.54, 1.807) is 24.8 Å². The molecule has 1 atom stereocenters. The number of phenolic OH excluding ortho intramolecular Hbond substituents is 1. The van der Waals surface area contributed by atoms with Gasteiger partial charge in [-0.15, -0.1) is 11.8 Å². The topological polar surface area (TPSA) is 75.9 Å². The molecule has 5 rings (SSSR count). The van der Waals surface area contributed by atoms with Crippen molar-refractivity contribution in [1.29, 1.82) is 0 Å². The zero-order valence-electron chi connectivity index (χ0n) is 14.9. The molecule has 0 amide bonds. The molecule has 1 aliphatic carbocycles. The van der Waals surface area contributed by atoms with E-state index in [1.165, 1.54) is 25.7 Å². The number of piperidine rings is 1. The van der Waals surface area contributed by atoms with Gasteiger partial charge >= 0.3 is 0 Å². The Labute approximate surface area is 162 Å². The van der Waals surface area contributed by atoms with E-state index in [2.05, 4.69) is 20.3 Å². The molecular formula is C20H21N5OS. The molecule has 2 aliphatic rings. The summed E-state index contributed by atoms with van der Waals surface area (Å²) in [5.41, 5.74) is 2.64. The molecule has 1 aromatic carbocycles. The molecule has 27 heavy (non-hydrogen) atoms. The van der Waals surface area contributed by atoms with Gasteiger partial charge in [-0.2, -0.15) is 0 Å². The Morgan fingerprint density at radius 1 is 1.22 bits per heavy atom. The number of hydrogen-bond donors (Lipinski definition) is 2. The van der Waals surface area contributed by atoms with Crippen molar-refractivity contribution >= 4 is 11.8 Å². The maximum Gasteiger partial charge on any atom is 0.127 e. The molecule has 2 aromatic heterocycles. The molecule has 6 nitrogen and oxygen atoms in total. The summed E-state index contributed by atoms with van der Waals surface area (Å²) in [6, 6.07) is 5.52. The van der Waals surface area contributed by atoms with Crippen LogP contribution in [0.3, 0.4) is 0 Å². The molecule has 1 spiro atoms. The molecule has 1 saturated heterocycles. The minimum absolute atomic E-state index is 0.185. The van der Waals surface area contributed by atoms with Gasteiger partial charge in [-0.1, -0.05) is 0 Å². The van der Waals surface area contributed by atoms with Crippen LogP contribution in [0.5, 0.6) is 5.75 Å². The first-order valence-electron chi connectivity index (χ1n) is 9.26. The van der Waals surface area contributed by atoms with E-state index >= 15 is 0 Å². The van der Waals surface area contributed by atoms with Crippen LogP contribution in [-0.4, -0.2) is 42.0 Å². The number of aromatic hydroxyl groups is 1. The molecule has 138 valence electrons. The first-order chi connectivity index (χ1) is 13.2. The molecule has 0 radical (unpaired) electrons. The van der Waals surface area contributed by atoms with E-state index in [0.29, 0.717) is 22.0 Å². The molecule has 1 saturated carbocycles. The van der Waals surface area contributed by atoms with Gasteiger partial charge in [0.1, 0.15) is 10.8 Å². The number of hydrogen-bond acceptors (Lipinski definition) is 6. The van der Waals surface area contributed by atoms with Crippen LogP contribution < -0.4 is 5.32 Å². The molecular weight excluding hydrogens is 358 g/mol. The van der Waals surface area contributed by atoms with Crippen molar-refractivity contribution in [3.05, 3.63) is 49.3 Å². The Morgan fingerprint density at radius 2 is 2.15 bits per heavy atom. The van der Waals surface area contributed by atoms with Gasteiger partial charge < -0.3 is 15.0 Å². The average molecular weight is 379 g/mol. The monoisotopic (exact) mass is 379 g/mol. The number of phenols is 1. The van der Waals surface area contributed by atoms with Gasteiger partial charge in [0, 0.05) is 34.8 Å². The summed E-state index contributed by atoms with van der Waals surface area (Å²) in [4.78, 5) is 13.2. The summed E-state index contributed by atoms with van der Waals surface area (Å²) in [5.74, 6) is 0.185. The first-order valence-corrected chi connectivity index (χ1v) is 10.1. The minimum Gasteiger partial charge on any atom is -0.507 e. The van der Waals surface area contributed by atoms with Crippen molar-refractivity contribution in [3.63, 3.8) is 0 Å². The highest BCUT2D eigenvalue weighted by atomic mass is 32.2. The number of thioether (sulfide) groups is 1. The summed E-state index contributed by atoms with van der Waals surface area (Å²) in [6.07, 6.45) is 13.8. The summed E-state index contributed by atoms with van der Waals surface area (Å²) >= 11 is 1.83. The van der Waals surface area contributed by atoms with E-state index in [-0.39, 0.29) is 5.75 Å². The standard InChI is InChI=1S/C20H21N5OS/c26-18-9-14(25-8-7-21-13-25)1-2-16(18)17-11-23-19(12-22-17)27-15-3-6-24-20(10-15)4-5-20/h1-2,7-9,11-13,15,24,26H,3-6,10H2. The lowest BCUT2D eigenvalue weighted by molar-refractivity contribution is 0.393. The van der Waals surface area contributed by atoms with Crippen molar-refractivity contribution in [2.75, 3.05) is 6.54 Å². The summed E-state index contributed by atoms with van der Waals surface area (Å²) < 4.78 is 1.85. The van der Waals surface area contributed by atoms with E-state index in [0.717, 1.165) is 17.3 Å². The zero-order chi connectivity index (χ0) is 18.3. The first kappa shape index (κ1) is 16.8. The summed E-state index contributed by atoms with van der Waals surface area (Å²) in [6.45, 7) is 1.10. The highest BCUT2D eigenvalue weighted by Crippen LogP contribution is 2.45. The second kappa shape index (κ2) is 6.65. The van der Waals surface area contributed by atoms with Crippen LogP contribution in [0, 0.1) is 0 Å². The minimum atomic E-state index is 0.185. The largest absolute Gasteiger partial charge is 0.507 e. The Bertz CT molecular complexity index is 938. The van der Waals surface area contributed by atoms with Gasteiger partial charge in [0.25, 0.3) is 0 Å². The molecule has 2 N–H and O–H groups in total. The van der Waals surface area contributed by atoms with Gasteiger partial charge in [0.2, 0.25) is 0 Å². The third-order valence-corrected chi connectivity index (χ3v) is 6.60. The number of aromatic nitrogens is 4. The summed E-state index contributed by atoms with van der Waals surface area (Å²) in [7, 11) is 0. The van der Waals surface area contributed by atoms with E-state index < -0.39 is 0 Å². The number of imidazole rings is 1. The quantitative estimate of drug-likeness (QED) is 0.723. The predicted octanol–water partition coefficient (Wildman–Crippen LogP) is 3.41. The van der Waals surface area contributed by atoms with Crippen LogP contribution in [0.4, 0.5) is 0 Å². The highest BCUT2D eigenvalue weighted by molar-refractivity contribution is 7.99. The number of rotatable bonds is 4. The fraction of sp³-hybridized carbons (Fsp3) is 0.350. The molecule has 7 heteroatoms. The maximum absolute atomic E-state index is 10.4. The second-order valence-corrected chi connectivity index (χ2v) is 8.67. The fourth-order valence-corrected chi connectivity index (χ4v) is 4.94. The maximum atomic E-state index is 10.4. The fourth-order valence-electron chi connectivity index (χ4n) is 3.74. The molecule has 1 aliphatic heterocycles. The van der Waals surface area contributed by atoms with Crippen molar-refractivity contribution in [3.8, 4) is 22.7 Å². The van der Waals surface area contributed by atoms with E-state index in [1.807, 2.05) is 40.9 Å². The lowest BCUT2D eigenvalue weighted by Crippen LogP contribution is -2.41. The average Bonchev–Trinajstić information content (AvgIpc) is 3.20. The lowest BCUT2D eigenvalue weighted by atomic mass is 10.0. The Kier molecular flexibility index (Phi) is 4.13. The van der Waals surface area contributed by atoms with Crippen molar-refractivity contribution < 1.29 is 5.11 Å².